The molecule has 2 aliphatic heterocycles. The summed E-state index contributed by atoms with van der Waals surface area (Å²) in [4.78, 5) is 21.0. The minimum absolute atomic E-state index is 0.258. The first-order chi connectivity index (χ1) is 10.0. The standard InChI is InChI=1S/C16H30N4O/c1-4-17-15(20-12-8-16(2,3)13-20)18-9-7-14(21)19-10-5-6-11-19/h4-13H2,1-3H3,(H,17,18). The Hall–Kier alpha value is -1.26. The van der Waals surface area contributed by atoms with Crippen molar-refractivity contribution in [3.63, 3.8) is 0 Å². The van der Waals surface area contributed by atoms with Crippen LogP contribution in [-0.2, 0) is 4.79 Å². The number of guanidine groups is 1. The Morgan fingerprint density at radius 1 is 1.19 bits per heavy atom. The van der Waals surface area contributed by atoms with Crippen LogP contribution in [0.2, 0.25) is 0 Å². The summed E-state index contributed by atoms with van der Waals surface area (Å²) in [6.45, 7) is 12.1. The lowest BCUT2D eigenvalue weighted by molar-refractivity contribution is -0.129. The van der Waals surface area contributed by atoms with Gasteiger partial charge in [0, 0.05) is 39.1 Å². The fourth-order valence-corrected chi connectivity index (χ4v) is 3.10. The number of amides is 1. The van der Waals surface area contributed by atoms with E-state index in [-0.39, 0.29) is 5.91 Å². The molecule has 2 rings (SSSR count). The molecule has 0 spiro atoms. The molecule has 0 aromatic rings. The molecule has 0 radical (unpaired) electrons. The molecular weight excluding hydrogens is 264 g/mol. The Kier molecular flexibility index (Phi) is 5.48. The maximum absolute atomic E-state index is 12.0. The van der Waals surface area contributed by atoms with Gasteiger partial charge in [0.1, 0.15) is 0 Å². The van der Waals surface area contributed by atoms with Crippen LogP contribution in [0.25, 0.3) is 0 Å². The van der Waals surface area contributed by atoms with Crippen LogP contribution < -0.4 is 5.32 Å². The van der Waals surface area contributed by atoms with Crippen molar-refractivity contribution in [2.75, 3.05) is 39.3 Å². The third-order valence-electron chi connectivity index (χ3n) is 4.36. The highest BCUT2D eigenvalue weighted by atomic mass is 16.2. The summed E-state index contributed by atoms with van der Waals surface area (Å²) >= 11 is 0. The third kappa shape index (κ3) is 4.61. The monoisotopic (exact) mass is 294 g/mol. The maximum Gasteiger partial charge on any atom is 0.224 e. The van der Waals surface area contributed by atoms with Crippen molar-refractivity contribution in [2.24, 2.45) is 10.4 Å². The molecule has 2 aliphatic rings. The van der Waals surface area contributed by atoms with Gasteiger partial charge in [-0.05, 0) is 31.6 Å². The van der Waals surface area contributed by atoms with E-state index in [0.29, 0.717) is 18.4 Å². The fraction of sp³-hybridized carbons (Fsp3) is 0.875. The van der Waals surface area contributed by atoms with Gasteiger partial charge in [-0.3, -0.25) is 9.79 Å². The zero-order valence-electron chi connectivity index (χ0n) is 13.8. The van der Waals surface area contributed by atoms with Crippen LogP contribution in [0.3, 0.4) is 0 Å². The van der Waals surface area contributed by atoms with E-state index in [0.717, 1.165) is 51.5 Å². The average molecular weight is 294 g/mol. The molecule has 21 heavy (non-hydrogen) atoms. The van der Waals surface area contributed by atoms with Gasteiger partial charge in [0.15, 0.2) is 5.96 Å². The van der Waals surface area contributed by atoms with Gasteiger partial charge in [-0.15, -0.1) is 0 Å². The van der Waals surface area contributed by atoms with Crippen LogP contribution in [0.4, 0.5) is 0 Å². The van der Waals surface area contributed by atoms with Crippen molar-refractivity contribution in [3.8, 4) is 0 Å². The Bertz CT molecular complexity index is 386. The molecule has 1 N–H and O–H groups in total. The van der Waals surface area contributed by atoms with Crippen LogP contribution in [0.5, 0.6) is 0 Å². The second-order valence-electron chi connectivity index (χ2n) is 6.91. The van der Waals surface area contributed by atoms with E-state index in [1.165, 1.54) is 6.42 Å². The smallest absolute Gasteiger partial charge is 0.224 e. The SMILES string of the molecule is CCNC(=NCCC(=O)N1CCCC1)N1CCC(C)(C)C1. The summed E-state index contributed by atoms with van der Waals surface area (Å²) in [6.07, 6.45) is 4.04. The first-order valence-electron chi connectivity index (χ1n) is 8.33. The van der Waals surface area contributed by atoms with E-state index in [1.807, 2.05) is 4.90 Å². The molecule has 5 heteroatoms. The Balaban J connectivity index is 1.84. The molecule has 0 unspecified atom stereocenters. The summed E-state index contributed by atoms with van der Waals surface area (Å²) in [7, 11) is 0. The van der Waals surface area contributed by atoms with Crippen molar-refractivity contribution >= 4 is 11.9 Å². The summed E-state index contributed by atoms with van der Waals surface area (Å²) in [5.74, 6) is 1.23. The quantitative estimate of drug-likeness (QED) is 0.634. The molecule has 5 nitrogen and oxygen atoms in total. The van der Waals surface area contributed by atoms with Gasteiger partial charge in [0.25, 0.3) is 0 Å². The highest BCUT2D eigenvalue weighted by Gasteiger charge is 2.30. The van der Waals surface area contributed by atoms with Crippen LogP contribution >= 0.6 is 0 Å². The molecule has 2 saturated heterocycles. The Morgan fingerprint density at radius 2 is 1.90 bits per heavy atom. The van der Waals surface area contributed by atoms with E-state index in [1.54, 1.807) is 0 Å². The number of carbonyl (C=O) groups is 1. The second-order valence-corrected chi connectivity index (χ2v) is 6.91. The van der Waals surface area contributed by atoms with E-state index in [2.05, 4.69) is 36.0 Å². The van der Waals surface area contributed by atoms with Crippen molar-refractivity contribution in [2.45, 2.75) is 46.5 Å². The highest BCUT2D eigenvalue weighted by Crippen LogP contribution is 2.28. The zero-order valence-corrected chi connectivity index (χ0v) is 13.8. The number of aliphatic imine (C=N–C) groups is 1. The van der Waals surface area contributed by atoms with Crippen LogP contribution in [0, 0.1) is 5.41 Å². The van der Waals surface area contributed by atoms with Crippen molar-refractivity contribution in [3.05, 3.63) is 0 Å². The van der Waals surface area contributed by atoms with Gasteiger partial charge in [-0.1, -0.05) is 13.8 Å². The first-order valence-corrected chi connectivity index (χ1v) is 8.33. The first kappa shape index (κ1) is 16.1. The molecular formula is C16H30N4O. The normalized spacial score (nSPS) is 22.0. The Labute approximate surface area is 128 Å². The summed E-state index contributed by atoms with van der Waals surface area (Å²) in [5.41, 5.74) is 0.363. The van der Waals surface area contributed by atoms with Gasteiger partial charge < -0.3 is 15.1 Å². The third-order valence-corrected chi connectivity index (χ3v) is 4.36. The predicted octanol–water partition coefficient (Wildman–Crippen LogP) is 1.70. The molecule has 2 heterocycles. The highest BCUT2D eigenvalue weighted by molar-refractivity contribution is 5.81. The van der Waals surface area contributed by atoms with Crippen molar-refractivity contribution in [1.82, 2.24) is 15.1 Å². The summed E-state index contributed by atoms with van der Waals surface area (Å²) < 4.78 is 0. The van der Waals surface area contributed by atoms with Gasteiger partial charge in [-0.2, -0.15) is 0 Å². The van der Waals surface area contributed by atoms with Crippen LogP contribution in [0.15, 0.2) is 4.99 Å². The Morgan fingerprint density at radius 3 is 2.48 bits per heavy atom. The van der Waals surface area contributed by atoms with Crippen molar-refractivity contribution in [1.29, 1.82) is 0 Å². The molecule has 0 aromatic carbocycles. The zero-order chi connectivity index (χ0) is 15.3. The molecule has 0 bridgehead atoms. The van der Waals surface area contributed by atoms with E-state index in [4.69, 9.17) is 0 Å². The summed E-state index contributed by atoms with van der Waals surface area (Å²) in [5, 5.41) is 3.36. The fourth-order valence-electron chi connectivity index (χ4n) is 3.10. The van der Waals surface area contributed by atoms with Crippen molar-refractivity contribution < 1.29 is 4.79 Å². The van der Waals surface area contributed by atoms with Crippen LogP contribution in [0.1, 0.15) is 46.5 Å². The largest absolute Gasteiger partial charge is 0.357 e. The molecule has 0 atom stereocenters. The number of likely N-dealkylation sites (tertiary alicyclic amines) is 2. The lowest BCUT2D eigenvalue weighted by atomic mass is 9.93. The molecule has 0 aromatic heterocycles. The van der Waals surface area contributed by atoms with E-state index >= 15 is 0 Å². The molecule has 0 aliphatic carbocycles. The lowest BCUT2D eigenvalue weighted by Crippen LogP contribution is -2.41. The van der Waals surface area contributed by atoms with Gasteiger partial charge in [0.05, 0.1) is 6.54 Å². The topological polar surface area (TPSA) is 47.9 Å². The number of carbonyl (C=O) groups excluding carboxylic acids is 1. The molecule has 2 fully saturated rings. The second kappa shape index (κ2) is 7.14. The number of nitrogens with zero attached hydrogens (tertiary/aromatic N) is 3. The minimum Gasteiger partial charge on any atom is -0.357 e. The van der Waals surface area contributed by atoms with E-state index in [9.17, 15) is 4.79 Å². The maximum atomic E-state index is 12.0. The number of hydrogen-bond acceptors (Lipinski definition) is 2. The lowest BCUT2D eigenvalue weighted by Gasteiger charge is -2.23. The van der Waals surface area contributed by atoms with E-state index < -0.39 is 0 Å². The van der Waals surface area contributed by atoms with Gasteiger partial charge in [-0.25, -0.2) is 0 Å². The number of hydrogen-bond donors (Lipinski definition) is 1. The number of nitrogens with one attached hydrogen (secondary N) is 1. The molecule has 0 saturated carbocycles. The van der Waals surface area contributed by atoms with Crippen LogP contribution in [-0.4, -0.2) is 60.9 Å². The molecule has 1 amide bonds. The summed E-state index contributed by atoms with van der Waals surface area (Å²) in [6, 6.07) is 0. The predicted molar refractivity (Wildman–Crippen MR) is 86.4 cm³/mol. The average Bonchev–Trinajstić information content (AvgIpc) is 3.07. The minimum atomic E-state index is 0.258. The van der Waals surface area contributed by atoms with Gasteiger partial charge in [0.2, 0.25) is 5.91 Å². The van der Waals surface area contributed by atoms with Gasteiger partial charge >= 0.3 is 0 Å². The molecule has 120 valence electrons. The number of rotatable bonds is 4.